The van der Waals surface area contributed by atoms with Crippen molar-refractivity contribution in [1.82, 2.24) is 9.80 Å². The van der Waals surface area contributed by atoms with Crippen molar-refractivity contribution < 1.29 is 9.59 Å². The van der Waals surface area contributed by atoms with Gasteiger partial charge in [-0.05, 0) is 37.8 Å². The lowest BCUT2D eigenvalue weighted by Crippen LogP contribution is -2.43. The van der Waals surface area contributed by atoms with Gasteiger partial charge in [-0.1, -0.05) is 12.1 Å². The summed E-state index contributed by atoms with van der Waals surface area (Å²) in [5.41, 5.74) is 6.62. The molecule has 0 saturated carbocycles. The molecule has 2 aliphatic rings. The smallest absolute Gasteiger partial charge is 0.254 e. The SMILES string of the molecule is Cl.NC1CCN(C(=O)c2ccccc2SCC(=O)N2CCCC2)CC1. The van der Waals surface area contributed by atoms with Crippen LogP contribution in [0, 0.1) is 0 Å². The number of rotatable bonds is 4. The Morgan fingerprint density at radius 1 is 1.04 bits per heavy atom. The van der Waals surface area contributed by atoms with E-state index in [9.17, 15) is 9.59 Å². The van der Waals surface area contributed by atoms with Gasteiger partial charge in [-0.2, -0.15) is 0 Å². The average Bonchev–Trinajstić information content (AvgIpc) is 3.15. The maximum Gasteiger partial charge on any atom is 0.254 e. The van der Waals surface area contributed by atoms with Crippen molar-refractivity contribution in [1.29, 1.82) is 0 Å². The molecule has 2 aliphatic heterocycles. The summed E-state index contributed by atoms with van der Waals surface area (Å²) in [4.78, 5) is 29.7. The number of amides is 2. The van der Waals surface area contributed by atoms with Crippen LogP contribution in [0.5, 0.6) is 0 Å². The van der Waals surface area contributed by atoms with E-state index in [1.54, 1.807) is 0 Å². The van der Waals surface area contributed by atoms with Crippen LogP contribution in [0.2, 0.25) is 0 Å². The van der Waals surface area contributed by atoms with Crippen molar-refractivity contribution >= 4 is 36.0 Å². The molecule has 2 N–H and O–H groups in total. The third kappa shape index (κ3) is 5.12. The average molecular weight is 384 g/mol. The summed E-state index contributed by atoms with van der Waals surface area (Å²) in [5, 5.41) is 0. The number of nitrogens with two attached hydrogens (primary N) is 1. The zero-order valence-corrected chi connectivity index (χ0v) is 16.0. The van der Waals surface area contributed by atoms with Crippen LogP contribution in [-0.2, 0) is 4.79 Å². The minimum atomic E-state index is 0. The van der Waals surface area contributed by atoms with Gasteiger partial charge in [-0.3, -0.25) is 9.59 Å². The molecule has 0 radical (unpaired) electrons. The Hall–Kier alpha value is -1.24. The summed E-state index contributed by atoms with van der Waals surface area (Å²) >= 11 is 1.47. The number of halogens is 1. The van der Waals surface area contributed by atoms with Gasteiger partial charge >= 0.3 is 0 Å². The Balaban J connectivity index is 0.00000225. The molecule has 1 aromatic rings. The number of hydrogen-bond acceptors (Lipinski definition) is 4. The summed E-state index contributed by atoms with van der Waals surface area (Å²) in [5.74, 6) is 0.622. The Morgan fingerprint density at radius 2 is 1.68 bits per heavy atom. The minimum absolute atomic E-state index is 0. The molecule has 0 aromatic heterocycles. The van der Waals surface area contributed by atoms with E-state index in [0.717, 1.165) is 43.7 Å². The number of thioether (sulfide) groups is 1. The maximum absolute atomic E-state index is 12.8. The fraction of sp³-hybridized carbons (Fsp3) is 0.556. The molecule has 0 atom stereocenters. The standard InChI is InChI=1S/C18H25N3O2S.ClH/c19-14-7-11-21(12-8-14)18(23)15-5-1-2-6-16(15)24-13-17(22)20-9-3-4-10-20;/h1-2,5-6,14H,3-4,7-13,19H2;1H. The first kappa shape index (κ1) is 20.1. The molecule has 25 heavy (non-hydrogen) atoms. The highest BCUT2D eigenvalue weighted by atomic mass is 35.5. The number of likely N-dealkylation sites (tertiary alicyclic amines) is 2. The molecule has 0 bridgehead atoms. The van der Waals surface area contributed by atoms with Gasteiger partial charge in [0.2, 0.25) is 5.91 Å². The van der Waals surface area contributed by atoms with Crippen molar-refractivity contribution in [2.45, 2.75) is 36.6 Å². The molecule has 2 heterocycles. The molecule has 0 spiro atoms. The number of piperidine rings is 1. The van der Waals surface area contributed by atoms with Crippen LogP contribution in [-0.4, -0.2) is 59.6 Å². The largest absolute Gasteiger partial charge is 0.342 e. The second kappa shape index (κ2) is 9.46. The van der Waals surface area contributed by atoms with Gasteiger partial charge in [-0.15, -0.1) is 24.2 Å². The van der Waals surface area contributed by atoms with Crippen LogP contribution in [0.15, 0.2) is 29.2 Å². The number of hydrogen-bond donors (Lipinski definition) is 1. The summed E-state index contributed by atoms with van der Waals surface area (Å²) in [7, 11) is 0. The Labute approximate surface area is 159 Å². The highest BCUT2D eigenvalue weighted by molar-refractivity contribution is 8.00. The molecular formula is C18H26ClN3O2S. The molecule has 0 aliphatic carbocycles. The topological polar surface area (TPSA) is 66.6 Å². The van der Waals surface area contributed by atoms with Crippen molar-refractivity contribution in [3.05, 3.63) is 29.8 Å². The predicted octanol–water partition coefficient (Wildman–Crippen LogP) is 2.39. The van der Waals surface area contributed by atoms with Crippen molar-refractivity contribution in [3.8, 4) is 0 Å². The van der Waals surface area contributed by atoms with E-state index in [2.05, 4.69) is 0 Å². The number of carbonyl (C=O) groups is 2. The second-order valence-electron chi connectivity index (χ2n) is 6.50. The summed E-state index contributed by atoms with van der Waals surface area (Å²) in [6.45, 7) is 3.17. The van der Waals surface area contributed by atoms with E-state index in [4.69, 9.17) is 5.73 Å². The monoisotopic (exact) mass is 383 g/mol. The van der Waals surface area contributed by atoms with Crippen LogP contribution in [0.3, 0.4) is 0 Å². The Morgan fingerprint density at radius 3 is 2.36 bits per heavy atom. The fourth-order valence-electron chi connectivity index (χ4n) is 3.24. The van der Waals surface area contributed by atoms with Crippen LogP contribution in [0.1, 0.15) is 36.0 Å². The summed E-state index contributed by atoms with van der Waals surface area (Å²) < 4.78 is 0. The van der Waals surface area contributed by atoms with Gasteiger partial charge in [-0.25, -0.2) is 0 Å². The van der Waals surface area contributed by atoms with Crippen molar-refractivity contribution in [2.24, 2.45) is 5.73 Å². The molecular weight excluding hydrogens is 358 g/mol. The van der Waals surface area contributed by atoms with E-state index < -0.39 is 0 Å². The molecule has 2 fully saturated rings. The lowest BCUT2D eigenvalue weighted by atomic mass is 10.0. The van der Waals surface area contributed by atoms with Gasteiger partial charge in [0.05, 0.1) is 11.3 Å². The van der Waals surface area contributed by atoms with E-state index in [0.29, 0.717) is 24.4 Å². The zero-order valence-electron chi connectivity index (χ0n) is 14.4. The van der Waals surface area contributed by atoms with E-state index in [1.165, 1.54) is 11.8 Å². The number of nitrogens with zero attached hydrogens (tertiary/aromatic N) is 2. The van der Waals surface area contributed by atoms with Gasteiger partial charge in [0.1, 0.15) is 0 Å². The predicted molar refractivity (Wildman–Crippen MR) is 103 cm³/mol. The quantitative estimate of drug-likeness (QED) is 0.810. The first-order valence-corrected chi connectivity index (χ1v) is 9.68. The molecule has 3 rings (SSSR count). The third-order valence-electron chi connectivity index (χ3n) is 4.75. The number of carbonyl (C=O) groups excluding carboxylic acids is 2. The first-order chi connectivity index (χ1) is 11.6. The summed E-state index contributed by atoms with van der Waals surface area (Å²) in [6.07, 6.45) is 3.91. The number of benzene rings is 1. The molecule has 7 heteroatoms. The highest BCUT2D eigenvalue weighted by Gasteiger charge is 2.24. The molecule has 0 unspecified atom stereocenters. The van der Waals surface area contributed by atoms with E-state index in [1.807, 2.05) is 34.1 Å². The Kier molecular flexibility index (Phi) is 7.59. The Bertz CT molecular complexity index is 600. The molecule has 1 aromatic carbocycles. The van der Waals surface area contributed by atoms with Crippen LogP contribution in [0.4, 0.5) is 0 Å². The minimum Gasteiger partial charge on any atom is -0.342 e. The van der Waals surface area contributed by atoms with Gasteiger partial charge in [0, 0.05) is 37.1 Å². The van der Waals surface area contributed by atoms with E-state index in [-0.39, 0.29) is 30.3 Å². The van der Waals surface area contributed by atoms with Crippen LogP contribution >= 0.6 is 24.2 Å². The van der Waals surface area contributed by atoms with Crippen LogP contribution < -0.4 is 5.73 Å². The fourth-order valence-corrected chi connectivity index (χ4v) is 4.19. The van der Waals surface area contributed by atoms with Crippen molar-refractivity contribution in [2.75, 3.05) is 31.9 Å². The van der Waals surface area contributed by atoms with Gasteiger partial charge in [0.15, 0.2) is 0 Å². The maximum atomic E-state index is 12.8. The lowest BCUT2D eigenvalue weighted by Gasteiger charge is -2.30. The zero-order chi connectivity index (χ0) is 16.9. The molecule has 138 valence electrons. The molecule has 2 amide bonds. The molecule has 5 nitrogen and oxygen atoms in total. The highest BCUT2D eigenvalue weighted by Crippen LogP contribution is 2.25. The van der Waals surface area contributed by atoms with Gasteiger partial charge < -0.3 is 15.5 Å². The van der Waals surface area contributed by atoms with Gasteiger partial charge in [0.25, 0.3) is 5.91 Å². The van der Waals surface area contributed by atoms with Crippen molar-refractivity contribution in [3.63, 3.8) is 0 Å². The molecule has 2 saturated heterocycles. The first-order valence-electron chi connectivity index (χ1n) is 8.69. The van der Waals surface area contributed by atoms with Crippen LogP contribution in [0.25, 0.3) is 0 Å². The normalized spacial score (nSPS) is 18.1. The van der Waals surface area contributed by atoms with E-state index >= 15 is 0 Å². The summed E-state index contributed by atoms with van der Waals surface area (Å²) in [6, 6.07) is 7.81. The third-order valence-corrected chi connectivity index (χ3v) is 5.81. The lowest BCUT2D eigenvalue weighted by molar-refractivity contribution is -0.127. The second-order valence-corrected chi connectivity index (χ2v) is 7.52.